The van der Waals surface area contributed by atoms with Gasteiger partial charge in [-0.05, 0) is 48.9 Å². The monoisotopic (exact) mass is 482 g/mol. The van der Waals surface area contributed by atoms with Crippen molar-refractivity contribution in [1.29, 1.82) is 5.26 Å². The van der Waals surface area contributed by atoms with Crippen LogP contribution in [0.3, 0.4) is 0 Å². The molecule has 0 unspecified atom stereocenters. The number of hydrogen-bond acceptors (Lipinski definition) is 5. The van der Waals surface area contributed by atoms with E-state index in [1.165, 1.54) is 30.5 Å². The molecule has 0 radical (unpaired) electrons. The van der Waals surface area contributed by atoms with E-state index in [9.17, 15) is 9.18 Å². The summed E-state index contributed by atoms with van der Waals surface area (Å²) in [5.41, 5.74) is 7.52. The number of benzene rings is 2. The highest BCUT2D eigenvalue weighted by molar-refractivity contribution is 6.30. The van der Waals surface area contributed by atoms with Crippen LogP contribution in [-0.4, -0.2) is 29.8 Å². The van der Waals surface area contributed by atoms with Crippen molar-refractivity contribution in [2.45, 2.75) is 13.5 Å². The minimum atomic E-state index is -0.352. The second kappa shape index (κ2) is 15.4. The molecule has 10 heteroatoms. The zero-order chi connectivity index (χ0) is 25.3. The summed E-state index contributed by atoms with van der Waals surface area (Å²) < 4.78 is 12.9. The number of halogens is 2. The van der Waals surface area contributed by atoms with Gasteiger partial charge in [0.05, 0.1) is 5.69 Å². The lowest BCUT2D eigenvalue weighted by Gasteiger charge is -2.13. The Morgan fingerprint density at radius 3 is 2.59 bits per heavy atom. The van der Waals surface area contributed by atoms with Gasteiger partial charge in [0.25, 0.3) is 0 Å². The lowest BCUT2D eigenvalue weighted by molar-refractivity contribution is -0.115. The summed E-state index contributed by atoms with van der Waals surface area (Å²) in [7, 11) is 1.83. The molecule has 0 spiro atoms. The zero-order valence-corrected chi connectivity index (χ0v) is 19.4. The highest BCUT2D eigenvalue weighted by Crippen LogP contribution is 2.25. The minimum absolute atomic E-state index is 0.0917. The second-order valence-corrected chi connectivity index (χ2v) is 6.98. The van der Waals surface area contributed by atoms with Crippen LogP contribution in [0.4, 0.5) is 10.1 Å². The Kier molecular flexibility index (Phi) is 12.5. The van der Waals surface area contributed by atoms with E-state index in [0.29, 0.717) is 22.8 Å². The maximum Gasteiger partial charge on any atom is 0.247 e. The molecule has 176 valence electrons. The number of guanidine groups is 1. The average Bonchev–Trinajstić information content (AvgIpc) is 2.80. The maximum absolute atomic E-state index is 12.9. The van der Waals surface area contributed by atoms with Crippen molar-refractivity contribution in [1.82, 2.24) is 15.5 Å². The number of hydrogen-bond donors (Lipinski definition) is 3. The van der Waals surface area contributed by atoms with Crippen LogP contribution in [0.15, 0.2) is 72.0 Å². The van der Waals surface area contributed by atoms with E-state index >= 15 is 0 Å². The van der Waals surface area contributed by atoms with Gasteiger partial charge >= 0.3 is 0 Å². The predicted molar refractivity (Wildman–Crippen MR) is 132 cm³/mol. The Bertz CT molecular complexity index is 1130. The highest BCUT2D eigenvalue weighted by atomic mass is 35.5. The van der Waals surface area contributed by atoms with Crippen LogP contribution in [0, 0.1) is 17.3 Å². The molecule has 4 N–H and O–H groups in total. The molecular formula is C24H24ClFN6O2. The Balaban J connectivity index is 0.00000133. The van der Waals surface area contributed by atoms with E-state index in [1.54, 1.807) is 61.7 Å². The number of aliphatic imine (C=N–C) groups is 1. The van der Waals surface area contributed by atoms with Gasteiger partial charge in [-0.2, -0.15) is 5.26 Å². The normalized spacial score (nSPS) is 10.6. The summed E-state index contributed by atoms with van der Waals surface area (Å²) >= 11 is 5.97. The molecule has 2 aromatic rings. The Morgan fingerprint density at radius 2 is 1.97 bits per heavy atom. The summed E-state index contributed by atoms with van der Waals surface area (Å²) in [6.07, 6.45) is 9.08. The van der Waals surface area contributed by atoms with E-state index in [2.05, 4.69) is 15.6 Å². The molecule has 0 heterocycles. The Hall–Kier alpha value is -4.38. The van der Waals surface area contributed by atoms with Crippen molar-refractivity contribution in [2.24, 2.45) is 10.7 Å². The second-order valence-electron chi connectivity index (χ2n) is 6.54. The standard InChI is InChI=1S/C21H20ClFN6O.C3H4O/c1-29(13-15-2-7-18(23)8-3-15)11-10-26-20(30)9-5-16-4-6-17(22)12-19(16)28-21(25)27-14-24;1-2-3-4/h2-12H,13H2,1H3,(H,26,30)(H3,25,27,28);2H,1H3/b9-5+,11-10+;. The van der Waals surface area contributed by atoms with Crippen LogP contribution in [0.2, 0.25) is 5.02 Å². The topological polar surface area (TPSA) is 124 Å². The number of nitrogens with one attached hydrogen (secondary N) is 2. The Labute approximate surface area is 202 Å². The van der Waals surface area contributed by atoms with Gasteiger partial charge in [-0.3, -0.25) is 10.1 Å². The summed E-state index contributed by atoms with van der Waals surface area (Å²) in [6, 6.07) is 11.1. The molecule has 0 aliphatic carbocycles. The first-order valence-corrected chi connectivity index (χ1v) is 10.2. The number of nitrogens with zero attached hydrogens (tertiary/aromatic N) is 3. The van der Waals surface area contributed by atoms with E-state index in [4.69, 9.17) is 27.4 Å². The van der Waals surface area contributed by atoms with Gasteiger partial charge in [0, 0.05) is 42.7 Å². The molecule has 0 aliphatic heterocycles. The van der Waals surface area contributed by atoms with Gasteiger partial charge in [0.2, 0.25) is 11.9 Å². The molecule has 1 amide bonds. The molecule has 2 aromatic carbocycles. The van der Waals surface area contributed by atoms with Crippen molar-refractivity contribution in [3.8, 4) is 6.19 Å². The number of rotatable bonds is 7. The van der Waals surface area contributed by atoms with Gasteiger partial charge in [0.15, 0.2) is 6.19 Å². The molecule has 0 aromatic heterocycles. The fraction of sp³-hybridized carbons (Fsp3) is 0.125. The van der Waals surface area contributed by atoms with Gasteiger partial charge in [-0.25, -0.2) is 14.2 Å². The van der Waals surface area contributed by atoms with Gasteiger partial charge in [-0.15, -0.1) is 0 Å². The molecule has 2 rings (SSSR count). The summed E-state index contributed by atoms with van der Waals surface area (Å²) in [4.78, 5) is 26.9. The van der Waals surface area contributed by atoms with Gasteiger partial charge in [-0.1, -0.05) is 29.8 Å². The van der Waals surface area contributed by atoms with Crippen LogP contribution in [0.5, 0.6) is 0 Å². The molecule has 0 aliphatic rings. The summed E-state index contributed by atoms with van der Waals surface area (Å²) in [5.74, 6) is 0.829. The van der Waals surface area contributed by atoms with E-state index < -0.39 is 0 Å². The van der Waals surface area contributed by atoms with Crippen molar-refractivity contribution in [2.75, 3.05) is 7.05 Å². The van der Waals surface area contributed by atoms with Crippen molar-refractivity contribution >= 4 is 41.2 Å². The van der Waals surface area contributed by atoms with E-state index in [1.807, 2.05) is 11.9 Å². The smallest absolute Gasteiger partial charge is 0.247 e. The number of carbonyl (C=O) groups excluding carboxylic acids is 2. The van der Waals surface area contributed by atoms with Crippen LogP contribution in [-0.2, 0) is 16.1 Å². The summed E-state index contributed by atoms with van der Waals surface area (Å²) in [5, 5.41) is 13.9. The first kappa shape index (κ1) is 27.7. The third-order valence-corrected chi connectivity index (χ3v) is 4.08. The van der Waals surface area contributed by atoms with Crippen LogP contribution in [0.25, 0.3) is 6.08 Å². The number of nitriles is 1. The lowest BCUT2D eigenvalue weighted by atomic mass is 10.1. The largest absolute Gasteiger partial charge is 0.375 e. The van der Waals surface area contributed by atoms with Crippen molar-refractivity contribution in [3.63, 3.8) is 0 Å². The molecule has 34 heavy (non-hydrogen) atoms. The molecule has 0 saturated heterocycles. The van der Waals surface area contributed by atoms with Gasteiger partial charge < -0.3 is 16.0 Å². The Morgan fingerprint density at radius 1 is 1.29 bits per heavy atom. The summed E-state index contributed by atoms with van der Waals surface area (Å²) in [6.45, 7) is 2.19. The number of amides is 1. The molecule has 0 bridgehead atoms. The fourth-order valence-electron chi connectivity index (χ4n) is 2.36. The van der Waals surface area contributed by atoms with Crippen molar-refractivity contribution in [3.05, 3.63) is 89.0 Å². The zero-order valence-electron chi connectivity index (χ0n) is 18.6. The van der Waals surface area contributed by atoms with E-state index in [0.717, 1.165) is 5.56 Å². The van der Waals surface area contributed by atoms with Gasteiger partial charge in [0.1, 0.15) is 11.8 Å². The molecular weight excluding hydrogens is 459 g/mol. The number of nitrogens with two attached hydrogens (primary N) is 1. The first-order valence-electron chi connectivity index (χ1n) is 9.83. The van der Waals surface area contributed by atoms with E-state index in [-0.39, 0.29) is 17.7 Å². The van der Waals surface area contributed by atoms with Crippen LogP contribution in [0.1, 0.15) is 18.1 Å². The SMILES string of the molecule is CC=C=O.CN(/C=C/NC(=O)/C=C/c1ccc(Cl)cc1N=C(N)NC#N)Cc1ccc(F)cc1. The third-order valence-electron chi connectivity index (χ3n) is 3.85. The number of allylic oxidation sites excluding steroid dienone is 1. The molecule has 8 nitrogen and oxygen atoms in total. The quantitative estimate of drug-likeness (QED) is 0.138. The molecule has 0 fully saturated rings. The third kappa shape index (κ3) is 11.3. The molecule has 0 saturated carbocycles. The van der Waals surface area contributed by atoms with Crippen LogP contribution >= 0.6 is 11.6 Å². The van der Waals surface area contributed by atoms with Crippen LogP contribution < -0.4 is 16.4 Å². The lowest BCUT2D eigenvalue weighted by Crippen LogP contribution is -2.26. The minimum Gasteiger partial charge on any atom is -0.375 e. The maximum atomic E-state index is 12.9. The highest BCUT2D eigenvalue weighted by Gasteiger charge is 2.02. The first-order chi connectivity index (χ1) is 16.3. The van der Waals surface area contributed by atoms with Crippen molar-refractivity contribution < 1.29 is 14.0 Å². The predicted octanol–water partition coefficient (Wildman–Crippen LogP) is 3.62. The fourth-order valence-corrected chi connectivity index (χ4v) is 2.53. The number of carbonyl (C=O) groups is 1. The molecule has 0 atom stereocenters. The average molecular weight is 483 g/mol.